The summed E-state index contributed by atoms with van der Waals surface area (Å²) < 4.78 is 1.04. The zero-order valence-electron chi connectivity index (χ0n) is 11.2. The second-order valence-electron chi connectivity index (χ2n) is 4.37. The number of carbonyl (C=O) groups excluding carboxylic acids is 1. The van der Waals surface area contributed by atoms with E-state index in [0.29, 0.717) is 0 Å². The van der Waals surface area contributed by atoms with E-state index in [1.54, 1.807) is 11.3 Å². The Balaban J connectivity index is 1.87. The number of carboxylic acid groups (broad SMARTS) is 1. The monoisotopic (exact) mass is 321 g/mol. The van der Waals surface area contributed by atoms with Crippen molar-refractivity contribution in [2.75, 3.05) is 5.75 Å². The van der Waals surface area contributed by atoms with Crippen molar-refractivity contribution in [2.24, 2.45) is 0 Å². The lowest BCUT2D eigenvalue weighted by molar-refractivity contribution is -0.141. The molecule has 0 unspecified atom stereocenters. The van der Waals surface area contributed by atoms with E-state index in [9.17, 15) is 14.7 Å². The molecule has 0 radical (unpaired) electrons. The van der Waals surface area contributed by atoms with E-state index >= 15 is 0 Å². The molecule has 1 aromatic heterocycles. The Hall–Kier alpha value is -1.79. The van der Waals surface area contributed by atoms with Crippen LogP contribution < -0.4 is 5.32 Å². The summed E-state index contributed by atoms with van der Waals surface area (Å²) in [5.74, 6) is -1.07. The van der Waals surface area contributed by atoms with Gasteiger partial charge in [-0.25, -0.2) is 4.79 Å². The largest absolute Gasteiger partial charge is 0.480 e. The van der Waals surface area contributed by atoms with Gasteiger partial charge in [0.1, 0.15) is 6.04 Å². The number of benzene rings is 1. The predicted octanol–water partition coefficient (Wildman–Crippen LogP) is 2.65. The SMILES string of the molecule is O=C(CSc1cccs1)N[C@H](Cc1ccccc1)C(=O)O. The van der Waals surface area contributed by atoms with Gasteiger partial charge in [0.25, 0.3) is 0 Å². The maximum atomic E-state index is 11.9. The van der Waals surface area contributed by atoms with E-state index in [1.807, 2.05) is 47.8 Å². The van der Waals surface area contributed by atoms with Crippen LogP contribution in [0.5, 0.6) is 0 Å². The molecule has 110 valence electrons. The number of rotatable bonds is 7. The van der Waals surface area contributed by atoms with Gasteiger partial charge in [0, 0.05) is 6.42 Å². The fourth-order valence-electron chi connectivity index (χ4n) is 1.77. The summed E-state index contributed by atoms with van der Waals surface area (Å²) in [7, 11) is 0. The molecule has 0 aliphatic rings. The van der Waals surface area contributed by atoms with E-state index in [1.165, 1.54) is 11.8 Å². The van der Waals surface area contributed by atoms with E-state index in [4.69, 9.17) is 0 Å². The first-order valence-corrected chi connectivity index (χ1v) is 8.24. The molecular formula is C15H15NO3S2. The molecule has 0 bridgehead atoms. The third-order valence-electron chi connectivity index (χ3n) is 2.76. The highest BCUT2D eigenvalue weighted by Crippen LogP contribution is 2.22. The van der Waals surface area contributed by atoms with E-state index in [0.717, 1.165) is 9.77 Å². The lowest BCUT2D eigenvalue weighted by Gasteiger charge is -2.14. The first-order chi connectivity index (χ1) is 10.1. The molecule has 4 nitrogen and oxygen atoms in total. The van der Waals surface area contributed by atoms with Crippen LogP contribution in [0.25, 0.3) is 0 Å². The van der Waals surface area contributed by atoms with Gasteiger partial charge in [-0.2, -0.15) is 0 Å². The van der Waals surface area contributed by atoms with Gasteiger partial charge in [0.15, 0.2) is 0 Å². The summed E-state index contributed by atoms with van der Waals surface area (Å²) in [5.41, 5.74) is 0.885. The number of carboxylic acids is 1. The van der Waals surface area contributed by atoms with Crippen molar-refractivity contribution < 1.29 is 14.7 Å². The molecule has 0 saturated heterocycles. The standard InChI is InChI=1S/C15H15NO3S2/c17-13(10-21-14-7-4-8-20-14)16-12(15(18)19)9-11-5-2-1-3-6-11/h1-8,12H,9-10H2,(H,16,17)(H,18,19)/t12-/m1/s1. The van der Waals surface area contributed by atoms with Gasteiger partial charge in [-0.05, 0) is 17.0 Å². The molecule has 1 heterocycles. The Morgan fingerprint density at radius 2 is 1.95 bits per heavy atom. The Labute approximate surface area is 131 Å². The Kier molecular flexibility index (Phi) is 5.83. The van der Waals surface area contributed by atoms with E-state index in [2.05, 4.69) is 5.32 Å². The lowest BCUT2D eigenvalue weighted by atomic mass is 10.1. The molecule has 0 spiro atoms. The van der Waals surface area contributed by atoms with Crippen molar-refractivity contribution in [1.82, 2.24) is 5.32 Å². The van der Waals surface area contributed by atoms with E-state index < -0.39 is 12.0 Å². The van der Waals surface area contributed by atoms with Crippen LogP contribution in [0.3, 0.4) is 0 Å². The Morgan fingerprint density at radius 3 is 2.57 bits per heavy atom. The molecule has 0 saturated carbocycles. The Bertz CT molecular complexity index is 584. The number of aliphatic carboxylic acids is 1. The van der Waals surface area contributed by atoms with Crippen LogP contribution in [-0.4, -0.2) is 28.8 Å². The van der Waals surface area contributed by atoms with Gasteiger partial charge in [0.05, 0.1) is 9.96 Å². The molecule has 0 aliphatic carbocycles. The molecule has 2 rings (SSSR count). The number of hydrogen-bond acceptors (Lipinski definition) is 4. The van der Waals surface area contributed by atoms with Crippen LogP contribution in [0.15, 0.2) is 52.1 Å². The first-order valence-electron chi connectivity index (χ1n) is 6.37. The minimum Gasteiger partial charge on any atom is -0.480 e. The van der Waals surface area contributed by atoms with Gasteiger partial charge in [-0.1, -0.05) is 36.4 Å². The highest BCUT2D eigenvalue weighted by molar-refractivity contribution is 8.01. The third kappa shape index (κ3) is 5.24. The molecule has 2 N–H and O–H groups in total. The first kappa shape index (κ1) is 15.6. The lowest BCUT2D eigenvalue weighted by Crippen LogP contribution is -2.43. The van der Waals surface area contributed by atoms with E-state index in [-0.39, 0.29) is 18.1 Å². The van der Waals surface area contributed by atoms with Gasteiger partial charge >= 0.3 is 5.97 Å². The molecule has 1 aromatic carbocycles. The molecule has 0 aliphatic heterocycles. The molecule has 6 heteroatoms. The maximum absolute atomic E-state index is 11.9. The fraction of sp³-hybridized carbons (Fsp3) is 0.200. The summed E-state index contributed by atoms with van der Waals surface area (Å²) in [6.07, 6.45) is 0.283. The molecule has 1 amide bonds. The average molecular weight is 321 g/mol. The zero-order chi connectivity index (χ0) is 15.1. The van der Waals surface area contributed by atoms with Crippen molar-refractivity contribution in [2.45, 2.75) is 16.7 Å². The van der Waals surface area contributed by atoms with Crippen LogP contribution in [0.1, 0.15) is 5.56 Å². The van der Waals surface area contributed by atoms with Crippen molar-refractivity contribution in [1.29, 1.82) is 0 Å². The number of nitrogens with one attached hydrogen (secondary N) is 1. The van der Waals surface area contributed by atoms with Crippen LogP contribution in [-0.2, 0) is 16.0 Å². The summed E-state index contributed by atoms with van der Waals surface area (Å²) >= 11 is 2.97. The quantitative estimate of drug-likeness (QED) is 0.770. The smallest absolute Gasteiger partial charge is 0.326 e. The average Bonchev–Trinajstić information content (AvgIpc) is 2.99. The molecule has 2 aromatic rings. The van der Waals surface area contributed by atoms with Crippen LogP contribution in [0.2, 0.25) is 0 Å². The second kappa shape index (κ2) is 7.85. The number of amides is 1. The zero-order valence-corrected chi connectivity index (χ0v) is 12.8. The minimum atomic E-state index is -1.02. The normalized spacial score (nSPS) is 11.8. The van der Waals surface area contributed by atoms with Gasteiger partial charge in [-0.15, -0.1) is 23.1 Å². The minimum absolute atomic E-state index is 0.221. The van der Waals surface area contributed by atoms with Crippen molar-refractivity contribution in [3.63, 3.8) is 0 Å². The van der Waals surface area contributed by atoms with Crippen LogP contribution in [0.4, 0.5) is 0 Å². The molecular weight excluding hydrogens is 306 g/mol. The second-order valence-corrected chi connectivity index (χ2v) is 6.59. The summed E-state index contributed by atoms with van der Waals surface area (Å²) in [6, 6.07) is 12.2. The molecule has 1 atom stereocenters. The predicted molar refractivity (Wildman–Crippen MR) is 84.8 cm³/mol. The van der Waals surface area contributed by atoms with Crippen LogP contribution in [0, 0.1) is 0 Å². The van der Waals surface area contributed by atoms with Crippen molar-refractivity contribution >= 4 is 35.0 Å². The highest BCUT2D eigenvalue weighted by Gasteiger charge is 2.20. The number of thioether (sulfide) groups is 1. The number of thiophene rings is 1. The van der Waals surface area contributed by atoms with Gasteiger partial charge in [-0.3, -0.25) is 4.79 Å². The third-order valence-corrected chi connectivity index (χ3v) is 4.89. The topological polar surface area (TPSA) is 66.4 Å². The summed E-state index contributed by atoms with van der Waals surface area (Å²) in [6.45, 7) is 0. The van der Waals surface area contributed by atoms with Gasteiger partial charge in [0.2, 0.25) is 5.91 Å². The van der Waals surface area contributed by atoms with Crippen molar-refractivity contribution in [3.8, 4) is 0 Å². The molecule has 21 heavy (non-hydrogen) atoms. The highest BCUT2D eigenvalue weighted by atomic mass is 32.2. The maximum Gasteiger partial charge on any atom is 0.326 e. The number of hydrogen-bond donors (Lipinski definition) is 2. The Morgan fingerprint density at radius 1 is 1.19 bits per heavy atom. The van der Waals surface area contributed by atoms with Gasteiger partial charge < -0.3 is 10.4 Å². The van der Waals surface area contributed by atoms with Crippen molar-refractivity contribution in [3.05, 3.63) is 53.4 Å². The van der Waals surface area contributed by atoms with Crippen LogP contribution >= 0.6 is 23.1 Å². The summed E-state index contributed by atoms with van der Waals surface area (Å²) in [4.78, 5) is 23.1. The molecule has 0 fully saturated rings. The number of carbonyl (C=O) groups is 2. The summed E-state index contributed by atoms with van der Waals surface area (Å²) in [5, 5.41) is 13.7. The fourth-order valence-corrected chi connectivity index (χ4v) is 3.36.